The van der Waals surface area contributed by atoms with Crippen LogP contribution in [0.25, 0.3) is 0 Å². The Bertz CT molecular complexity index is 691. The summed E-state index contributed by atoms with van der Waals surface area (Å²) in [5, 5.41) is 3.03. The van der Waals surface area contributed by atoms with E-state index in [0.29, 0.717) is 18.7 Å². The van der Waals surface area contributed by atoms with Crippen LogP contribution in [-0.2, 0) is 0 Å². The Balaban J connectivity index is 1.67. The minimum Gasteiger partial charge on any atom is -0.497 e. The third kappa shape index (κ3) is 4.34. The third-order valence-corrected chi connectivity index (χ3v) is 6.63. The molecule has 1 spiro atoms. The number of carbonyl (C=O) groups is 2. The van der Waals surface area contributed by atoms with Gasteiger partial charge in [0.15, 0.2) is 0 Å². The Morgan fingerprint density at radius 1 is 1.11 bits per heavy atom. The van der Waals surface area contributed by atoms with Gasteiger partial charge < -0.3 is 19.9 Å². The molecule has 1 N–H and O–H groups in total. The molecule has 27 heavy (non-hydrogen) atoms. The van der Waals surface area contributed by atoms with Gasteiger partial charge in [-0.3, -0.25) is 4.79 Å². The number of piperidine rings is 1. The van der Waals surface area contributed by atoms with Gasteiger partial charge in [0.2, 0.25) is 0 Å². The molecule has 2 fully saturated rings. The molecule has 2 heterocycles. The van der Waals surface area contributed by atoms with E-state index in [0.717, 1.165) is 30.9 Å². The molecule has 148 valence electrons. The summed E-state index contributed by atoms with van der Waals surface area (Å²) in [6, 6.07) is 7.27. The third-order valence-electron chi connectivity index (χ3n) is 5.07. The zero-order chi connectivity index (χ0) is 19.7. The van der Waals surface area contributed by atoms with Crippen molar-refractivity contribution in [3.05, 3.63) is 29.8 Å². The van der Waals surface area contributed by atoms with Gasteiger partial charge in [-0.25, -0.2) is 4.79 Å². The van der Waals surface area contributed by atoms with Crippen molar-refractivity contribution in [1.82, 2.24) is 15.1 Å². The molecule has 0 unspecified atom stereocenters. The minimum absolute atomic E-state index is 0.0200. The highest BCUT2D eigenvalue weighted by Crippen LogP contribution is 2.44. The molecule has 0 aromatic heterocycles. The number of amides is 3. The Labute approximate surface area is 165 Å². The second-order valence-corrected chi connectivity index (χ2v) is 9.60. The van der Waals surface area contributed by atoms with E-state index in [4.69, 9.17) is 4.74 Å². The van der Waals surface area contributed by atoms with Crippen LogP contribution in [0.2, 0.25) is 0 Å². The molecular formula is C20H29N3O3S. The highest BCUT2D eigenvalue weighted by atomic mass is 32.2. The first-order valence-electron chi connectivity index (χ1n) is 9.41. The second-order valence-electron chi connectivity index (χ2n) is 8.15. The van der Waals surface area contributed by atoms with Crippen molar-refractivity contribution in [2.75, 3.05) is 32.5 Å². The maximum Gasteiger partial charge on any atom is 0.317 e. The van der Waals surface area contributed by atoms with Crippen LogP contribution >= 0.6 is 11.8 Å². The predicted octanol–water partition coefficient (Wildman–Crippen LogP) is 3.18. The van der Waals surface area contributed by atoms with Gasteiger partial charge in [-0.15, -0.1) is 11.8 Å². The SMILES string of the molecule is COc1ccc(C(=O)N2CCSC23CCN(C(=O)NC(C)(C)C)CC3)cc1. The molecule has 3 amide bonds. The number of methoxy groups -OCH3 is 1. The number of carbonyl (C=O) groups excluding carboxylic acids is 2. The number of hydrogen-bond donors (Lipinski definition) is 1. The summed E-state index contributed by atoms with van der Waals surface area (Å²) in [6.45, 7) is 8.04. The van der Waals surface area contributed by atoms with Crippen molar-refractivity contribution in [2.45, 2.75) is 44.0 Å². The summed E-state index contributed by atoms with van der Waals surface area (Å²) < 4.78 is 5.18. The number of thioether (sulfide) groups is 1. The summed E-state index contributed by atoms with van der Waals surface area (Å²) in [5.41, 5.74) is 0.440. The van der Waals surface area contributed by atoms with E-state index in [9.17, 15) is 9.59 Å². The summed E-state index contributed by atoms with van der Waals surface area (Å²) in [4.78, 5) is 29.2. The van der Waals surface area contributed by atoms with Crippen LogP contribution in [0.1, 0.15) is 44.0 Å². The molecule has 0 bridgehead atoms. The van der Waals surface area contributed by atoms with Crippen LogP contribution in [0.4, 0.5) is 4.79 Å². The normalized spacial score (nSPS) is 19.3. The lowest BCUT2D eigenvalue weighted by atomic mass is 10.0. The van der Waals surface area contributed by atoms with Gasteiger partial charge in [-0.2, -0.15) is 0 Å². The zero-order valence-corrected chi connectivity index (χ0v) is 17.4. The standard InChI is InChI=1S/C20H29N3O3S/c1-19(2,3)21-18(25)22-11-9-20(10-12-22)23(13-14-27-20)17(24)15-5-7-16(26-4)8-6-15/h5-8H,9-14H2,1-4H3,(H,21,25). The molecule has 2 aliphatic heterocycles. The molecule has 3 rings (SSSR count). The van der Waals surface area contributed by atoms with E-state index in [2.05, 4.69) is 5.32 Å². The molecular weight excluding hydrogens is 362 g/mol. The number of nitrogens with one attached hydrogen (secondary N) is 1. The van der Waals surface area contributed by atoms with E-state index in [1.807, 2.05) is 66.6 Å². The highest BCUT2D eigenvalue weighted by molar-refractivity contribution is 8.00. The number of hydrogen-bond acceptors (Lipinski definition) is 4. The fourth-order valence-corrected chi connectivity index (χ4v) is 5.11. The number of likely N-dealkylation sites (tertiary alicyclic amines) is 1. The number of benzene rings is 1. The van der Waals surface area contributed by atoms with Crippen molar-refractivity contribution in [1.29, 1.82) is 0 Å². The molecule has 0 saturated carbocycles. The fourth-order valence-electron chi connectivity index (χ4n) is 3.66. The van der Waals surface area contributed by atoms with Gasteiger partial charge in [0, 0.05) is 36.5 Å². The maximum atomic E-state index is 13.1. The smallest absolute Gasteiger partial charge is 0.317 e. The lowest BCUT2D eigenvalue weighted by Gasteiger charge is -2.44. The summed E-state index contributed by atoms with van der Waals surface area (Å²) in [7, 11) is 1.62. The second kappa shape index (κ2) is 7.62. The summed E-state index contributed by atoms with van der Waals surface area (Å²) in [5.74, 6) is 1.75. The van der Waals surface area contributed by atoms with Crippen LogP contribution in [-0.4, -0.2) is 64.6 Å². The number of ether oxygens (including phenoxy) is 1. The topological polar surface area (TPSA) is 61.9 Å². The van der Waals surface area contributed by atoms with Crippen LogP contribution in [0.3, 0.4) is 0 Å². The van der Waals surface area contributed by atoms with Gasteiger partial charge in [0.1, 0.15) is 5.75 Å². The quantitative estimate of drug-likeness (QED) is 0.841. The first-order chi connectivity index (χ1) is 12.7. The first kappa shape index (κ1) is 19.9. The highest BCUT2D eigenvalue weighted by Gasteiger charge is 2.47. The van der Waals surface area contributed by atoms with Crippen LogP contribution in [0.15, 0.2) is 24.3 Å². The molecule has 1 aromatic carbocycles. The molecule has 1 aromatic rings. The van der Waals surface area contributed by atoms with Crippen LogP contribution in [0.5, 0.6) is 5.75 Å². The van der Waals surface area contributed by atoms with Crippen LogP contribution in [0, 0.1) is 0 Å². The number of nitrogens with zero attached hydrogens (tertiary/aromatic N) is 2. The van der Waals surface area contributed by atoms with E-state index < -0.39 is 0 Å². The minimum atomic E-state index is -0.245. The molecule has 6 nitrogen and oxygen atoms in total. The van der Waals surface area contributed by atoms with Crippen molar-refractivity contribution >= 4 is 23.7 Å². The molecule has 2 aliphatic rings. The fraction of sp³-hybridized carbons (Fsp3) is 0.600. The Hall–Kier alpha value is -1.89. The zero-order valence-electron chi connectivity index (χ0n) is 16.6. The lowest BCUT2D eigenvalue weighted by molar-refractivity contribution is 0.0579. The number of rotatable bonds is 2. The van der Waals surface area contributed by atoms with E-state index >= 15 is 0 Å². The average Bonchev–Trinajstić information content (AvgIpc) is 3.03. The van der Waals surface area contributed by atoms with E-state index in [1.165, 1.54) is 0 Å². The van der Waals surface area contributed by atoms with E-state index in [1.54, 1.807) is 7.11 Å². The maximum absolute atomic E-state index is 13.1. The largest absolute Gasteiger partial charge is 0.497 e. The van der Waals surface area contributed by atoms with Gasteiger partial charge in [-0.05, 0) is 57.9 Å². The van der Waals surface area contributed by atoms with Gasteiger partial charge in [0.25, 0.3) is 5.91 Å². The lowest BCUT2D eigenvalue weighted by Crippen LogP contribution is -2.56. The van der Waals surface area contributed by atoms with Gasteiger partial charge in [0.05, 0.1) is 12.0 Å². The number of urea groups is 1. The Kier molecular flexibility index (Phi) is 5.60. The molecule has 0 atom stereocenters. The molecule has 0 aliphatic carbocycles. The average molecular weight is 392 g/mol. The predicted molar refractivity (Wildman–Crippen MR) is 108 cm³/mol. The van der Waals surface area contributed by atoms with E-state index in [-0.39, 0.29) is 22.3 Å². The van der Waals surface area contributed by atoms with Crippen molar-refractivity contribution in [3.8, 4) is 5.75 Å². The Morgan fingerprint density at radius 3 is 2.30 bits per heavy atom. The van der Waals surface area contributed by atoms with Crippen molar-refractivity contribution in [3.63, 3.8) is 0 Å². The van der Waals surface area contributed by atoms with Crippen molar-refractivity contribution in [2.24, 2.45) is 0 Å². The molecule has 7 heteroatoms. The molecule has 2 saturated heterocycles. The van der Waals surface area contributed by atoms with Gasteiger partial charge in [-0.1, -0.05) is 0 Å². The monoisotopic (exact) mass is 391 g/mol. The van der Waals surface area contributed by atoms with Crippen LogP contribution < -0.4 is 10.1 Å². The molecule has 0 radical (unpaired) electrons. The first-order valence-corrected chi connectivity index (χ1v) is 10.4. The Morgan fingerprint density at radius 2 is 1.74 bits per heavy atom. The van der Waals surface area contributed by atoms with Crippen molar-refractivity contribution < 1.29 is 14.3 Å². The summed E-state index contributed by atoms with van der Waals surface area (Å²) >= 11 is 1.85. The van der Waals surface area contributed by atoms with Gasteiger partial charge >= 0.3 is 6.03 Å². The summed E-state index contributed by atoms with van der Waals surface area (Å²) in [6.07, 6.45) is 1.61.